The summed E-state index contributed by atoms with van der Waals surface area (Å²) in [6.45, 7) is 0. The van der Waals surface area contributed by atoms with Crippen molar-refractivity contribution in [2.75, 3.05) is 14.2 Å². The van der Waals surface area contributed by atoms with E-state index >= 15 is 0 Å². The molecule has 0 fully saturated rings. The van der Waals surface area contributed by atoms with E-state index in [9.17, 15) is 19.8 Å². The Morgan fingerprint density at radius 3 is 2.48 bits per heavy atom. The maximum absolute atomic E-state index is 13.3. The molecule has 0 aliphatic carbocycles. The van der Waals surface area contributed by atoms with Gasteiger partial charge in [-0.1, -0.05) is 24.3 Å². The lowest BCUT2D eigenvalue weighted by molar-refractivity contribution is -0.140. The van der Waals surface area contributed by atoms with Crippen LogP contribution in [0, 0.1) is 0 Å². The van der Waals surface area contributed by atoms with E-state index < -0.39 is 11.9 Å². The highest BCUT2D eigenvalue weighted by molar-refractivity contribution is 5.87. The first kappa shape index (κ1) is 22.0. The minimum absolute atomic E-state index is 0.0834. The van der Waals surface area contributed by atoms with E-state index in [1.54, 1.807) is 36.4 Å². The summed E-state index contributed by atoms with van der Waals surface area (Å²) in [5, 5.41) is 20.6. The zero-order valence-corrected chi connectivity index (χ0v) is 18.1. The van der Waals surface area contributed by atoms with E-state index in [1.165, 1.54) is 44.7 Å². The molecule has 0 radical (unpaired) electrons. The molecule has 0 spiro atoms. The molecule has 7 heteroatoms. The van der Waals surface area contributed by atoms with E-state index in [4.69, 9.17) is 13.9 Å². The van der Waals surface area contributed by atoms with Gasteiger partial charge in [0.1, 0.15) is 29.1 Å². The lowest BCUT2D eigenvalue weighted by Gasteiger charge is -2.20. The zero-order valence-electron chi connectivity index (χ0n) is 18.1. The molecular weight excluding hydrogens is 424 g/mol. The van der Waals surface area contributed by atoms with Crippen LogP contribution < -0.4 is 10.2 Å². The summed E-state index contributed by atoms with van der Waals surface area (Å²) in [5.74, 6) is -0.584. The average Bonchev–Trinajstić information content (AvgIpc) is 2.83. The standard InChI is InChI=1S/C26H22O7/c1-31-18-5-3-4-16(12-18)20(13-23(29)32-2)24-22(28)11-10-19-25(30)21(14-33-26(19)24)15-6-8-17(27)9-7-15/h3-12,14,20,27-28H,13H2,1-2H3. The van der Waals surface area contributed by atoms with Crippen LogP contribution in [0.3, 0.4) is 0 Å². The topological polar surface area (TPSA) is 106 Å². The smallest absolute Gasteiger partial charge is 0.306 e. The van der Waals surface area contributed by atoms with Gasteiger partial charge in [0.2, 0.25) is 5.43 Å². The Hall–Kier alpha value is -4.26. The predicted molar refractivity (Wildman–Crippen MR) is 123 cm³/mol. The van der Waals surface area contributed by atoms with Gasteiger partial charge in [-0.25, -0.2) is 0 Å². The Balaban J connectivity index is 1.94. The number of ether oxygens (including phenoxy) is 2. The number of carbonyl (C=O) groups is 1. The summed E-state index contributed by atoms with van der Waals surface area (Å²) in [7, 11) is 2.83. The molecule has 0 saturated carbocycles. The van der Waals surface area contributed by atoms with Crippen molar-refractivity contribution in [1.82, 2.24) is 0 Å². The van der Waals surface area contributed by atoms with Crippen LogP contribution in [-0.4, -0.2) is 30.4 Å². The van der Waals surface area contributed by atoms with E-state index in [0.29, 0.717) is 28.0 Å². The van der Waals surface area contributed by atoms with Gasteiger partial charge >= 0.3 is 5.97 Å². The molecule has 168 valence electrons. The minimum atomic E-state index is -0.654. The van der Waals surface area contributed by atoms with Gasteiger partial charge in [0, 0.05) is 11.5 Å². The second kappa shape index (κ2) is 9.08. The fourth-order valence-corrected chi connectivity index (χ4v) is 3.88. The van der Waals surface area contributed by atoms with Gasteiger partial charge < -0.3 is 24.1 Å². The summed E-state index contributed by atoms with van der Waals surface area (Å²) in [6, 6.07) is 16.2. The molecule has 33 heavy (non-hydrogen) atoms. The van der Waals surface area contributed by atoms with Crippen molar-refractivity contribution in [3.63, 3.8) is 0 Å². The van der Waals surface area contributed by atoms with Gasteiger partial charge in [0.25, 0.3) is 0 Å². The highest BCUT2D eigenvalue weighted by Crippen LogP contribution is 2.40. The molecule has 7 nitrogen and oxygen atoms in total. The van der Waals surface area contributed by atoms with Crippen molar-refractivity contribution >= 4 is 16.9 Å². The third-order valence-corrected chi connectivity index (χ3v) is 5.58. The molecule has 0 bridgehead atoms. The molecule has 0 aliphatic rings. The molecule has 0 amide bonds. The summed E-state index contributed by atoms with van der Waals surface area (Å²) in [4.78, 5) is 25.6. The number of carbonyl (C=O) groups excluding carboxylic acids is 1. The number of fused-ring (bicyclic) bond motifs is 1. The number of benzene rings is 3. The molecule has 3 aromatic carbocycles. The number of esters is 1. The number of phenols is 2. The van der Waals surface area contributed by atoms with Crippen LogP contribution in [0.15, 0.2) is 76.1 Å². The van der Waals surface area contributed by atoms with E-state index in [1.807, 2.05) is 0 Å². The molecule has 2 N–H and O–H groups in total. The second-order valence-electron chi connectivity index (χ2n) is 7.51. The van der Waals surface area contributed by atoms with Crippen molar-refractivity contribution in [2.45, 2.75) is 12.3 Å². The molecule has 1 unspecified atom stereocenters. The van der Waals surface area contributed by atoms with Gasteiger partial charge in [-0.05, 0) is 47.5 Å². The van der Waals surface area contributed by atoms with Crippen LogP contribution in [0.4, 0.5) is 0 Å². The fourth-order valence-electron chi connectivity index (χ4n) is 3.88. The summed E-state index contributed by atoms with van der Waals surface area (Å²) in [5.41, 5.74) is 1.76. The number of phenolic OH excluding ortho intramolecular Hbond substituents is 2. The molecule has 4 aromatic rings. The second-order valence-corrected chi connectivity index (χ2v) is 7.51. The van der Waals surface area contributed by atoms with Crippen LogP contribution >= 0.6 is 0 Å². The van der Waals surface area contributed by atoms with Crippen molar-refractivity contribution in [3.8, 4) is 28.4 Å². The van der Waals surface area contributed by atoms with Gasteiger partial charge in [-0.3, -0.25) is 9.59 Å². The van der Waals surface area contributed by atoms with Crippen LogP contribution in [-0.2, 0) is 9.53 Å². The zero-order chi connectivity index (χ0) is 23.5. The normalized spacial score (nSPS) is 11.8. The van der Waals surface area contributed by atoms with Crippen LogP contribution in [0.2, 0.25) is 0 Å². The first-order chi connectivity index (χ1) is 15.9. The molecule has 1 aromatic heterocycles. The number of aromatic hydroxyl groups is 2. The van der Waals surface area contributed by atoms with Crippen molar-refractivity contribution in [2.24, 2.45) is 0 Å². The average molecular weight is 446 g/mol. The Labute approximate surface area is 189 Å². The molecule has 4 rings (SSSR count). The van der Waals surface area contributed by atoms with Crippen LogP contribution in [0.25, 0.3) is 22.1 Å². The van der Waals surface area contributed by atoms with Gasteiger partial charge in [-0.15, -0.1) is 0 Å². The van der Waals surface area contributed by atoms with Crippen LogP contribution in [0.5, 0.6) is 17.2 Å². The van der Waals surface area contributed by atoms with E-state index in [-0.39, 0.29) is 34.3 Å². The number of rotatable bonds is 6. The fraction of sp³-hybridized carbons (Fsp3) is 0.154. The summed E-state index contributed by atoms with van der Waals surface area (Å²) < 4.78 is 16.1. The predicted octanol–water partition coefficient (Wildman–Crippen LogP) is 4.57. The SMILES string of the molecule is COC(=O)CC(c1cccc(OC)c1)c1c(O)ccc2c(=O)c(-c3ccc(O)cc3)coc12. The van der Waals surface area contributed by atoms with Gasteiger partial charge in [0.15, 0.2) is 0 Å². The molecule has 0 aliphatic heterocycles. The quantitative estimate of drug-likeness (QED) is 0.418. The minimum Gasteiger partial charge on any atom is -0.508 e. The number of hydrogen-bond donors (Lipinski definition) is 2. The first-order valence-corrected chi connectivity index (χ1v) is 10.2. The third kappa shape index (κ3) is 4.25. The Morgan fingerprint density at radius 2 is 1.79 bits per heavy atom. The molecular formula is C26H22O7. The highest BCUT2D eigenvalue weighted by atomic mass is 16.5. The highest BCUT2D eigenvalue weighted by Gasteiger charge is 2.27. The maximum Gasteiger partial charge on any atom is 0.306 e. The van der Waals surface area contributed by atoms with E-state index in [0.717, 1.165) is 0 Å². The molecule has 1 atom stereocenters. The monoisotopic (exact) mass is 446 g/mol. The van der Waals surface area contributed by atoms with Crippen LogP contribution in [0.1, 0.15) is 23.5 Å². The van der Waals surface area contributed by atoms with Crippen molar-refractivity contribution < 1.29 is 28.9 Å². The number of methoxy groups -OCH3 is 2. The maximum atomic E-state index is 13.3. The Kier molecular flexibility index (Phi) is 6.04. The molecule has 0 saturated heterocycles. The van der Waals surface area contributed by atoms with E-state index in [2.05, 4.69) is 0 Å². The Bertz CT molecular complexity index is 1370. The molecule has 1 heterocycles. The van der Waals surface area contributed by atoms with Gasteiger partial charge in [0.05, 0.1) is 31.6 Å². The first-order valence-electron chi connectivity index (χ1n) is 10.2. The Morgan fingerprint density at radius 1 is 1.03 bits per heavy atom. The number of hydrogen-bond acceptors (Lipinski definition) is 7. The largest absolute Gasteiger partial charge is 0.508 e. The lowest BCUT2D eigenvalue weighted by Crippen LogP contribution is -2.12. The van der Waals surface area contributed by atoms with Crippen molar-refractivity contribution in [1.29, 1.82) is 0 Å². The summed E-state index contributed by atoms with van der Waals surface area (Å²) >= 11 is 0. The summed E-state index contributed by atoms with van der Waals surface area (Å²) in [6.07, 6.45) is 1.24. The lowest BCUT2D eigenvalue weighted by atomic mass is 9.86. The van der Waals surface area contributed by atoms with Crippen molar-refractivity contribution in [3.05, 3.63) is 88.3 Å². The third-order valence-electron chi connectivity index (χ3n) is 5.58. The van der Waals surface area contributed by atoms with Gasteiger partial charge in [-0.2, -0.15) is 0 Å².